The predicted molar refractivity (Wildman–Crippen MR) is 62.7 cm³/mol. The van der Waals surface area contributed by atoms with Gasteiger partial charge >= 0.3 is 0 Å². The Bertz CT molecular complexity index is 534. The molecule has 1 saturated heterocycles. The Kier molecular flexibility index (Phi) is 1.88. The molecule has 1 aromatic heterocycles. The molecule has 1 atom stereocenters. The molecule has 15 heavy (non-hydrogen) atoms. The Morgan fingerprint density at radius 2 is 2.20 bits per heavy atom. The summed E-state index contributed by atoms with van der Waals surface area (Å²) in [5.41, 5.74) is 2.16. The van der Waals surface area contributed by atoms with E-state index in [0.29, 0.717) is 0 Å². The number of benzene rings is 1. The Labute approximate surface area is 96.4 Å². The van der Waals surface area contributed by atoms with E-state index >= 15 is 0 Å². The molecule has 0 radical (unpaired) electrons. The maximum absolute atomic E-state index is 5.49. The second-order valence-electron chi connectivity index (χ2n) is 4.04. The lowest BCUT2D eigenvalue weighted by Crippen LogP contribution is -2.03. The van der Waals surface area contributed by atoms with Gasteiger partial charge in [-0.2, -0.15) is 0 Å². The highest BCUT2D eigenvalue weighted by Crippen LogP contribution is 2.41. The molecule has 0 aliphatic carbocycles. The van der Waals surface area contributed by atoms with Crippen molar-refractivity contribution in [1.29, 1.82) is 0 Å². The van der Waals surface area contributed by atoms with Gasteiger partial charge in [0.15, 0.2) is 0 Å². The number of epoxide rings is 1. The fourth-order valence-electron chi connectivity index (χ4n) is 1.84. The van der Waals surface area contributed by atoms with E-state index in [1.54, 1.807) is 0 Å². The molecule has 3 rings (SSSR count). The van der Waals surface area contributed by atoms with E-state index in [1.165, 1.54) is 10.9 Å². The fourth-order valence-corrected chi connectivity index (χ4v) is 2.20. The van der Waals surface area contributed by atoms with Crippen LogP contribution < -0.4 is 0 Å². The van der Waals surface area contributed by atoms with Gasteiger partial charge in [-0.15, -0.1) is 0 Å². The van der Waals surface area contributed by atoms with Crippen molar-refractivity contribution in [3.8, 4) is 0 Å². The van der Waals surface area contributed by atoms with Gasteiger partial charge in [0.25, 0.3) is 0 Å². The molecular formula is C12H10BrNO. The highest BCUT2D eigenvalue weighted by Gasteiger charge is 2.42. The average molecular weight is 264 g/mol. The molecule has 1 aliphatic rings. The van der Waals surface area contributed by atoms with Crippen LogP contribution in [0, 0.1) is 0 Å². The van der Waals surface area contributed by atoms with E-state index < -0.39 is 0 Å². The van der Waals surface area contributed by atoms with Gasteiger partial charge in [0.2, 0.25) is 0 Å². The zero-order chi connectivity index (χ0) is 10.5. The first-order valence-corrected chi connectivity index (χ1v) is 5.67. The van der Waals surface area contributed by atoms with Crippen molar-refractivity contribution in [3.63, 3.8) is 0 Å². The molecule has 0 amide bonds. The smallest absolute Gasteiger partial charge is 0.114 e. The molecule has 2 aromatic rings. The van der Waals surface area contributed by atoms with Crippen molar-refractivity contribution in [3.05, 3.63) is 40.5 Å². The van der Waals surface area contributed by atoms with Gasteiger partial charge in [0.05, 0.1) is 12.1 Å². The second-order valence-corrected chi connectivity index (χ2v) is 4.96. The minimum Gasteiger partial charge on any atom is -0.365 e. The summed E-state index contributed by atoms with van der Waals surface area (Å²) in [4.78, 5) is 4.35. The lowest BCUT2D eigenvalue weighted by molar-refractivity contribution is 0.331. The third kappa shape index (κ3) is 1.46. The van der Waals surface area contributed by atoms with Crippen LogP contribution >= 0.6 is 15.9 Å². The number of hydrogen-bond donors (Lipinski definition) is 0. The molecule has 0 spiro atoms. The summed E-state index contributed by atoms with van der Waals surface area (Å²) in [6, 6.07) is 8.18. The predicted octanol–water partition coefficient (Wildman–Crippen LogP) is 3.24. The van der Waals surface area contributed by atoms with Crippen molar-refractivity contribution in [2.75, 3.05) is 6.61 Å². The maximum Gasteiger partial charge on any atom is 0.114 e. The van der Waals surface area contributed by atoms with Crippen LogP contribution in [-0.4, -0.2) is 11.6 Å². The Hall–Kier alpha value is -0.930. The van der Waals surface area contributed by atoms with Crippen LogP contribution in [0.5, 0.6) is 0 Å². The normalized spacial score (nSPS) is 24.4. The minimum atomic E-state index is -0.0953. The zero-order valence-electron chi connectivity index (χ0n) is 8.33. The molecule has 1 aliphatic heterocycles. The van der Waals surface area contributed by atoms with Crippen LogP contribution in [-0.2, 0) is 10.3 Å². The number of fused-ring (bicyclic) bond motifs is 1. The van der Waals surface area contributed by atoms with Gasteiger partial charge in [0.1, 0.15) is 5.60 Å². The standard InChI is InChI=1S/C12H10BrNO/c1-12(7-15-12)10-4-5-14-11-3-2-8(13)6-9(10)11/h2-6H,7H2,1H3. The van der Waals surface area contributed by atoms with Gasteiger partial charge in [-0.05, 0) is 36.8 Å². The van der Waals surface area contributed by atoms with Crippen LogP contribution in [0.3, 0.4) is 0 Å². The first-order chi connectivity index (χ1) is 7.19. The van der Waals surface area contributed by atoms with E-state index in [4.69, 9.17) is 4.74 Å². The zero-order valence-corrected chi connectivity index (χ0v) is 9.91. The van der Waals surface area contributed by atoms with Crippen LogP contribution in [0.4, 0.5) is 0 Å². The number of ether oxygens (including phenoxy) is 1. The van der Waals surface area contributed by atoms with Gasteiger partial charge in [-0.25, -0.2) is 0 Å². The highest BCUT2D eigenvalue weighted by atomic mass is 79.9. The van der Waals surface area contributed by atoms with Crippen LogP contribution in [0.2, 0.25) is 0 Å². The Morgan fingerprint density at radius 1 is 1.40 bits per heavy atom. The molecule has 0 saturated carbocycles. The molecule has 76 valence electrons. The minimum absolute atomic E-state index is 0.0953. The summed E-state index contributed by atoms with van der Waals surface area (Å²) < 4.78 is 6.56. The molecule has 3 heteroatoms. The number of pyridine rings is 1. The second kappa shape index (κ2) is 3.03. The van der Waals surface area contributed by atoms with Crippen molar-refractivity contribution in [1.82, 2.24) is 4.98 Å². The monoisotopic (exact) mass is 263 g/mol. The van der Waals surface area contributed by atoms with Crippen molar-refractivity contribution in [2.24, 2.45) is 0 Å². The SMILES string of the molecule is CC1(c2ccnc3ccc(Br)cc23)CO1. The van der Waals surface area contributed by atoms with Crippen molar-refractivity contribution in [2.45, 2.75) is 12.5 Å². The van der Waals surface area contributed by atoms with Crippen molar-refractivity contribution < 1.29 is 4.74 Å². The van der Waals surface area contributed by atoms with E-state index in [1.807, 2.05) is 24.4 Å². The quantitative estimate of drug-likeness (QED) is 0.739. The lowest BCUT2D eigenvalue weighted by atomic mass is 9.98. The molecule has 1 fully saturated rings. The highest BCUT2D eigenvalue weighted by molar-refractivity contribution is 9.10. The van der Waals surface area contributed by atoms with Gasteiger partial charge < -0.3 is 4.74 Å². The van der Waals surface area contributed by atoms with Crippen molar-refractivity contribution >= 4 is 26.8 Å². The number of halogens is 1. The fraction of sp³-hybridized carbons (Fsp3) is 0.250. The molecule has 0 bridgehead atoms. The number of hydrogen-bond acceptors (Lipinski definition) is 2. The van der Waals surface area contributed by atoms with Crippen LogP contribution in [0.15, 0.2) is 34.9 Å². The van der Waals surface area contributed by atoms with E-state index in [0.717, 1.165) is 16.6 Å². The largest absolute Gasteiger partial charge is 0.365 e. The summed E-state index contributed by atoms with van der Waals surface area (Å²) in [6.07, 6.45) is 1.85. The third-order valence-electron chi connectivity index (χ3n) is 2.85. The molecule has 1 aromatic carbocycles. The van der Waals surface area contributed by atoms with E-state index in [2.05, 4.69) is 33.9 Å². The maximum atomic E-state index is 5.49. The Balaban J connectivity index is 2.33. The summed E-state index contributed by atoms with van der Waals surface area (Å²) in [5.74, 6) is 0. The average Bonchev–Trinajstić information content (AvgIpc) is 2.96. The van der Waals surface area contributed by atoms with Gasteiger partial charge in [-0.1, -0.05) is 15.9 Å². The van der Waals surface area contributed by atoms with E-state index in [9.17, 15) is 0 Å². The van der Waals surface area contributed by atoms with Gasteiger partial charge in [0, 0.05) is 16.1 Å². The lowest BCUT2D eigenvalue weighted by Gasteiger charge is -2.09. The number of rotatable bonds is 1. The first-order valence-electron chi connectivity index (χ1n) is 4.88. The number of nitrogens with zero attached hydrogens (tertiary/aromatic N) is 1. The summed E-state index contributed by atoms with van der Waals surface area (Å²) in [5, 5.41) is 1.17. The Morgan fingerprint density at radius 3 is 2.93 bits per heavy atom. The summed E-state index contributed by atoms with van der Waals surface area (Å²) in [6.45, 7) is 2.92. The topological polar surface area (TPSA) is 25.4 Å². The molecule has 0 N–H and O–H groups in total. The van der Waals surface area contributed by atoms with Crippen LogP contribution in [0.1, 0.15) is 12.5 Å². The molecule has 1 unspecified atom stereocenters. The molecule has 2 heterocycles. The molecular weight excluding hydrogens is 254 g/mol. The first kappa shape index (κ1) is 9.31. The summed E-state index contributed by atoms with van der Waals surface area (Å²) in [7, 11) is 0. The summed E-state index contributed by atoms with van der Waals surface area (Å²) >= 11 is 3.49. The number of aromatic nitrogens is 1. The van der Waals surface area contributed by atoms with Crippen LogP contribution in [0.25, 0.3) is 10.9 Å². The third-order valence-corrected chi connectivity index (χ3v) is 3.34. The molecule has 2 nitrogen and oxygen atoms in total. The van der Waals surface area contributed by atoms with E-state index in [-0.39, 0.29) is 5.60 Å². The van der Waals surface area contributed by atoms with Gasteiger partial charge in [-0.3, -0.25) is 4.98 Å².